The molecule has 1 aromatic carbocycles. The van der Waals surface area contributed by atoms with Gasteiger partial charge in [0.1, 0.15) is 5.69 Å². The van der Waals surface area contributed by atoms with Crippen LogP contribution >= 0.6 is 0 Å². The van der Waals surface area contributed by atoms with E-state index in [0.29, 0.717) is 24.7 Å². The Hall–Kier alpha value is -2.47. The molecule has 2 heterocycles. The zero-order valence-electron chi connectivity index (χ0n) is 16.6. The van der Waals surface area contributed by atoms with Crippen LogP contribution in [-0.4, -0.2) is 64.9 Å². The first-order valence-corrected chi connectivity index (χ1v) is 9.77. The first-order chi connectivity index (χ1) is 13.1. The molecule has 0 N–H and O–H groups in total. The van der Waals surface area contributed by atoms with Crippen molar-refractivity contribution in [2.75, 3.05) is 44.2 Å². The zero-order valence-corrected chi connectivity index (χ0v) is 16.6. The topological polar surface area (TPSA) is 52.6 Å². The standard InChI is InChI=1S/C21H29N5O/c1-4-25(5-2)20(27)19-15-17(3)22-21(23-19)26-13-11-24(12-14-26)16-18-9-7-6-8-10-18/h6-10,15H,4-5,11-14,16H2,1-3H3. The van der Waals surface area contributed by atoms with Crippen molar-refractivity contribution in [1.82, 2.24) is 19.8 Å². The summed E-state index contributed by atoms with van der Waals surface area (Å²) in [6, 6.07) is 12.3. The summed E-state index contributed by atoms with van der Waals surface area (Å²) in [6.07, 6.45) is 0. The van der Waals surface area contributed by atoms with Crippen LogP contribution in [0, 0.1) is 6.92 Å². The van der Waals surface area contributed by atoms with E-state index < -0.39 is 0 Å². The maximum absolute atomic E-state index is 12.7. The van der Waals surface area contributed by atoms with E-state index in [9.17, 15) is 4.79 Å². The van der Waals surface area contributed by atoms with Crippen molar-refractivity contribution in [3.8, 4) is 0 Å². The quantitative estimate of drug-likeness (QED) is 0.785. The highest BCUT2D eigenvalue weighted by molar-refractivity contribution is 5.92. The van der Waals surface area contributed by atoms with Gasteiger partial charge in [-0.1, -0.05) is 30.3 Å². The third kappa shape index (κ3) is 4.83. The molecule has 0 aliphatic carbocycles. The second-order valence-electron chi connectivity index (χ2n) is 6.92. The summed E-state index contributed by atoms with van der Waals surface area (Å²) in [5.74, 6) is 0.652. The lowest BCUT2D eigenvalue weighted by Gasteiger charge is -2.35. The van der Waals surface area contributed by atoms with Crippen LogP contribution in [0.5, 0.6) is 0 Å². The van der Waals surface area contributed by atoms with E-state index in [1.54, 1.807) is 11.0 Å². The maximum atomic E-state index is 12.7. The number of carbonyl (C=O) groups is 1. The summed E-state index contributed by atoms with van der Waals surface area (Å²) in [5.41, 5.74) is 2.67. The predicted octanol–water partition coefficient (Wildman–Crippen LogP) is 2.59. The molecule has 27 heavy (non-hydrogen) atoms. The molecule has 6 heteroatoms. The second-order valence-corrected chi connectivity index (χ2v) is 6.92. The smallest absolute Gasteiger partial charge is 0.272 e. The molecule has 1 fully saturated rings. The fourth-order valence-electron chi connectivity index (χ4n) is 3.42. The molecule has 1 aliphatic rings. The molecule has 3 rings (SSSR count). The van der Waals surface area contributed by atoms with E-state index >= 15 is 0 Å². The monoisotopic (exact) mass is 367 g/mol. The molecule has 0 atom stereocenters. The third-order valence-electron chi connectivity index (χ3n) is 5.02. The van der Waals surface area contributed by atoms with Gasteiger partial charge in [-0.05, 0) is 32.4 Å². The Labute approximate surface area is 161 Å². The molecule has 0 unspecified atom stereocenters. The molecule has 0 bridgehead atoms. The summed E-state index contributed by atoms with van der Waals surface area (Å²) < 4.78 is 0. The number of amides is 1. The summed E-state index contributed by atoms with van der Waals surface area (Å²) >= 11 is 0. The van der Waals surface area contributed by atoms with Gasteiger partial charge in [0.15, 0.2) is 0 Å². The van der Waals surface area contributed by atoms with Crippen LogP contribution in [0.3, 0.4) is 0 Å². The summed E-state index contributed by atoms with van der Waals surface area (Å²) in [5, 5.41) is 0. The van der Waals surface area contributed by atoms with E-state index in [0.717, 1.165) is 38.4 Å². The van der Waals surface area contributed by atoms with Crippen molar-refractivity contribution in [2.45, 2.75) is 27.3 Å². The Balaban J connectivity index is 1.66. The van der Waals surface area contributed by atoms with Crippen molar-refractivity contribution in [1.29, 1.82) is 0 Å². The average Bonchev–Trinajstić information content (AvgIpc) is 2.70. The van der Waals surface area contributed by atoms with E-state index in [4.69, 9.17) is 0 Å². The maximum Gasteiger partial charge on any atom is 0.272 e. The van der Waals surface area contributed by atoms with Crippen LogP contribution in [0.2, 0.25) is 0 Å². The highest BCUT2D eigenvalue weighted by atomic mass is 16.2. The molecule has 1 saturated heterocycles. The van der Waals surface area contributed by atoms with Crippen molar-refractivity contribution in [3.63, 3.8) is 0 Å². The van der Waals surface area contributed by atoms with Crippen LogP contribution in [0.15, 0.2) is 36.4 Å². The summed E-state index contributed by atoms with van der Waals surface area (Å²) in [7, 11) is 0. The Morgan fingerprint density at radius 1 is 1.04 bits per heavy atom. The van der Waals surface area contributed by atoms with E-state index in [1.165, 1.54) is 5.56 Å². The van der Waals surface area contributed by atoms with Gasteiger partial charge in [-0.2, -0.15) is 0 Å². The van der Waals surface area contributed by atoms with Gasteiger partial charge in [-0.3, -0.25) is 9.69 Å². The first-order valence-electron chi connectivity index (χ1n) is 9.77. The number of hydrogen-bond donors (Lipinski definition) is 0. The molecule has 0 spiro atoms. The fourth-order valence-corrected chi connectivity index (χ4v) is 3.42. The highest BCUT2D eigenvalue weighted by Gasteiger charge is 2.22. The number of aryl methyl sites for hydroxylation is 1. The number of carbonyl (C=O) groups excluding carboxylic acids is 1. The Bertz CT molecular complexity index is 752. The van der Waals surface area contributed by atoms with E-state index in [1.807, 2.05) is 26.8 Å². The van der Waals surface area contributed by atoms with Gasteiger partial charge in [-0.25, -0.2) is 9.97 Å². The number of piperazine rings is 1. The number of rotatable bonds is 6. The van der Waals surface area contributed by atoms with Gasteiger partial charge in [0.2, 0.25) is 5.95 Å². The number of hydrogen-bond acceptors (Lipinski definition) is 5. The largest absolute Gasteiger partial charge is 0.338 e. The molecule has 0 radical (unpaired) electrons. The van der Waals surface area contributed by atoms with E-state index in [-0.39, 0.29) is 5.91 Å². The Kier molecular flexibility index (Phi) is 6.40. The number of anilines is 1. The van der Waals surface area contributed by atoms with Gasteiger partial charge < -0.3 is 9.80 Å². The summed E-state index contributed by atoms with van der Waals surface area (Å²) in [6.45, 7) is 11.9. The minimum atomic E-state index is -0.0190. The first kappa shape index (κ1) is 19.3. The molecule has 0 saturated carbocycles. The van der Waals surface area contributed by atoms with Crippen LogP contribution in [0.1, 0.15) is 35.6 Å². The number of nitrogens with zero attached hydrogens (tertiary/aromatic N) is 5. The van der Waals surface area contributed by atoms with Crippen molar-refractivity contribution < 1.29 is 4.79 Å². The molecule has 6 nitrogen and oxygen atoms in total. The SMILES string of the molecule is CCN(CC)C(=O)c1cc(C)nc(N2CCN(Cc3ccccc3)CC2)n1. The molecule has 1 aromatic heterocycles. The molecule has 2 aromatic rings. The van der Waals surface area contributed by atoms with Crippen molar-refractivity contribution in [2.24, 2.45) is 0 Å². The minimum absolute atomic E-state index is 0.0190. The van der Waals surface area contributed by atoms with Gasteiger partial charge >= 0.3 is 0 Å². The van der Waals surface area contributed by atoms with Gasteiger partial charge in [0, 0.05) is 51.5 Å². The van der Waals surface area contributed by atoms with Gasteiger partial charge in [-0.15, -0.1) is 0 Å². The third-order valence-corrected chi connectivity index (χ3v) is 5.02. The lowest BCUT2D eigenvalue weighted by atomic mass is 10.2. The van der Waals surface area contributed by atoms with Crippen LogP contribution in [0.25, 0.3) is 0 Å². The number of benzene rings is 1. The highest BCUT2D eigenvalue weighted by Crippen LogP contribution is 2.16. The Morgan fingerprint density at radius 3 is 2.33 bits per heavy atom. The second kappa shape index (κ2) is 8.95. The predicted molar refractivity (Wildman–Crippen MR) is 108 cm³/mol. The normalized spacial score (nSPS) is 15.0. The average molecular weight is 367 g/mol. The van der Waals surface area contributed by atoms with Gasteiger partial charge in [0.25, 0.3) is 5.91 Å². The van der Waals surface area contributed by atoms with Crippen LogP contribution in [0.4, 0.5) is 5.95 Å². The lowest BCUT2D eigenvalue weighted by molar-refractivity contribution is 0.0767. The molecular formula is C21H29N5O. The van der Waals surface area contributed by atoms with Crippen LogP contribution < -0.4 is 4.90 Å². The lowest BCUT2D eigenvalue weighted by Crippen LogP contribution is -2.46. The van der Waals surface area contributed by atoms with Crippen molar-refractivity contribution in [3.05, 3.63) is 53.3 Å². The van der Waals surface area contributed by atoms with Crippen molar-refractivity contribution >= 4 is 11.9 Å². The molecular weight excluding hydrogens is 338 g/mol. The molecule has 1 amide bonds. The summed E-state index contributed by atoms with van der Waals surface area (Å²) in [4.78, 5) is 28.3. The fraction of sp³-hybridized carbons (Fsp3) is 0.476. The Morgan fingerprint density at radius 2 is 1.70 bits per heavy atom. The number of aromatic nitrogens is 2. The molecule has 1 aliphatic heterocycles. The van der Waals surface area contributed by atoms with E-state index in [2.05, 4.69) is 44.0 Å². The molecule has 144 valence electrons. The van der Waals surface area contributed by atoms with Crippen LogP contribution in [-0.2, 0) is 6.54 Å². The van der Waals surface area contributed by atoms with Gasteiger partial charge in [0.05, 0.1) is 0 Å². The minimum Gasteiger partial charge on any atom is -0.338 e. The zero-order chi connectivity index (χ0) is 19.2.